The number of piperazine rings is 1. The first-order chi connectivity index (χ1) is 18.6. The Morgan fingerprint density at radius 3 is 2.58 bits per heavy atom. The molecule has 3 aromatic carbocycles. The fourth-order valence-corrected chi connectivity index (χ4v) is 5.68. The van der Waals surface area contributed by atoms with E-state index >= 15 is 0 Å². The summed E-state index contributed by atoms with van der Waals surface area (Å²) in [6, 6.07) is 15.9. The number of ketones is 1. The van der Waals surface area contributed by atoms with E-state index in [2.05, 4.69) is 52.3 Å². The SMILES string of the molecule is CC(C)CNc1cc(N2CCN(Cc3ccc4c(c3)OCO4)CC2)c2noc3c2c1C(=O)c1ccccc1-3. The Hall–Kier alpha value is -4.04. The first kappa shape index (κ1) is 23.1. The van der Waals surface area contributed by atoms with Crippen LogP contribution < -0.4 is 19.7 Å². The smallest absolute Gasteiger partial charge is 0.231 e. The Morgan fingerprint density at radius 2 is 1.76 bits per heavy atom. The van der Waals surface area contributed by atoms with Crippen molar-refractivity contribution in [1.82, 2.24) is 10.1 Å². The van der Waals surface area contributed by atoms with Crippen LogP contribution in [0.5, 0.6) is 11.5 Å². The van der Waals surface area contributed by atoms with Crippen LogP contribution in [0.2, 0.25) is 0 Å². The van der Waals surface area contributed by atoms with E-state index in [4.69, 9.17) is 14.0 Å². The minimum atomic E-state index is 0.0210. The molecule has 8 heteroatoms. The van der Waals surface area contributed by atoms with Gasteiger partial charge < -0.3 is 24.2 Å². The van der Waals surface area contributed by atoms with Gasteiger partial charge in [0.15, 0.2) is 23.0 Å². The maximum absolute atomic E-state index is 13.7. The highest BCUT2D eigenvalue weighted by Gasteiger charge is 2.34. The lowest BCUT2D eigenvalue weighted by Crippen LogP contribution is -2.46. The minimum absolute atomic E-state index is 0.0210. The minimum Gasteiger partial charge on any atom is -0.454 e. The summed E-state index contributed by atoms with van der Waals surface area (Å²) >= 11 is 0. The molecule has 0 bridgehead atoms. The first-order valence-corrected chi connectivity index (χ1v) is 13.3. The molecule has 0 atom stereocenters. The predicted octanol–water partition coefficient (Wildman–Crippen LogP) is 5.16. The molecule has 0 unspecified atom stereocenters. The van der Waals surface area contributed by atoms with Crippen LogP contribution in [0.15, 0.2) is 53.1 Å². The molecule has 0 radical (unpaired) electrons. The van der Waals surface area contributed by atoms with Crippen LogP contribution in [-0.2, 0) is 6.54 Å². The molecule has 0 spiro atoms. The van der Waals surface area contributed by atoms with Gasteiger partial charge in [0, 0.05) is 56.1 Å². The third-order valence-corrected chi connectivity index (χ3v) is 7.64. The van der Waals surface area contributed by atoms with Crippen LogP contribution in [0.25, 0.3) is 22.2 Å². The van der Waals surface area contributed by atoms with Gasteiger partial charge >= 0.3 is 0 Å². The standard InChI is InChI=1S/C30H30N4O4/c1-18(2)15-31-22-14-23(28-27-26(22)29(35)20-5-3-4-6-21(20)30(27)38-32-28)34-11-9-33(10-12-34)16-19-7-8-24-25(13-19)37-17-36-24/h3-8,13-14,18,31H,9-12,15-17H2,1-2H3. The number of fused-ring (bicyclic) bond motifs is 3. The summed E-state index contributed by atoms with van der Waals surface area (Å²) in [5.74, 6) is 2.78. The molecule has 1 fully saturated rings. The maximum atomic E-state index is 13.7. The zero-order valence-corrected chi connectivity index (χ0v) is 21.6. The number of ether oxygens (including phenoxy) is 2. The zero-order valence-electron chi connectivity index (χ0n) is 21.6. The Bertz CT molecular complexity index is 1550. The highest BCUT2D eigenvalue weighted by molar-refractivity contribution is 6.28. The van der Waals surface area contributed by atoms with Gasteiger partial charge in [-0.15, -0.1) is 0 Å². The van der Waals surface area contributed by atoms with Crippen LogP contribution in [0.3, 0.4) is 0 Å². The number of aromatic nitrogens is 1. The number of carbonyl (C=O) groups is 1. The summed E-state index contributed by atoms with van der Waals surface area (Å²) in [6.07, 6.45) is 0. The van der Waals surface area contributed by atoms with E-state index in [1.165, 1.54) is 5.56 Å². The second-order valence-electron chi connectivity index (χ2n) is 10.7. The molecule has 1 N–H and O–H groups in total. The van der Waals surface area contributed by atoms with Crippen molar-refractivity contribution in [3.05, 3.63) is 65.2 Å². The monoisotopic (exact) mass is 510 g/mol. The largest absolute Gasteiger partial charge is 0.454 e. The van der Waals surface area contributed by atoms with E-state index in [0.29, 0.717) is 29.6 Å². The summed E-state index contributed by atoms with van der Waals surface area (Å²) in [6.45, 7) is 9.80. The quantitative estimate of drug-likeness (QED) is 0.336. The highest BCUT2D eigenvalue weighted by Crippen LogP contribution is 2.46. The molecule has 38 heavy (non-hydrogen) atoms. The number of benzene rings is 3. The van der Waals surface area contributed by atoms with Gasteiger partial charge in [-0.2, -0.15) is 0 Å². The Morgan fingerprint density at radius 1 is 0.974 bits per heavy atom. The van der Waals surface area contributed by atoms with Crippen molar-refractivity contribution in [2.45, 2.75) is 20.4 Å². The van der Waals surface area contributed by atoms with Crippen molar-refractivity contribution in [2.24, 2.45) is 5.92 Å². The lowest BCUT2D eigenvalue weighted by atomic mass is 9.86. The van der Waals surface area contributed by atoms with E-state index in [0.717, 1.165) is 78.6 Å². The fourth-order valence-electron chi connectivity index (χ4n) is 5.68. The van der Waals surface area contributed by atoms with Crippen molar-refractivity contribution in [1.29, 1.82) is 0 Å². The molecular weight excluding hydrogens is 480 g/mol. The number of anilines is 2. The average molecular weight is 511 g/mol. The fraction of sp³-hybridized carbons (Fsp3) is 0.333. The topological polar surface area (TPSA) is 80.1 Å². The van der Waals surface area contributed by atoms with Gasteiger partial charge in [0.05, 0.1) is 16.6 Å². The Kier molecular flexibility index (Phi) is 5.51. The number of carbonyl (C=O) groups excluding carboxylic acids is 1. The van der Waals surface area contributed by atoms with Crippen LogP contribution >= 0.6 is 0 Å². The Balaban J connectivity index is 1.20. The summed E-state index contributed by atoms with van der Waals surface area (Å²) in [5, 5.41) is 8.90. The summed E-state index contributed by atoms with van der Waals surface area (Å²) in [4.78, 5) is 18.5. The highest BCUT2D eigenvalue weighted by atomic mass is 16.7. The van der Waals surface area contributed by atoms with Gasteiger partial charge in [-0.3, -0.25) is 9.69 Å². The molecular formula is C30H30N4O4. The first-order valence-electron chi connectivity index (χ1n) is 13.3. The summed E-state index contributed by atoms with van der Waals surface area (Å²) in [5.41, 5.74) is 5.99. The van der Waals surface area contributed by atoms with Crippen molar-refractivity contribution >= 4 is 28.1 Å². The number of hydrogen-bond donors (Lipinski definition) is 1. The number of rotatable bonds is 6. The average Bonchev–Trinajstić information content (AvgIpc) is 3.58. The second-order valence-corrected chi connectivity index (χ2v) is 10.7. The number of nitrogens with one attached hydrogen (secondary N) is 1. The van der Waals surface area contributed by atoms with Gasteiger partial charge in [0.2, 0.25) is 6.79 Å². The van der Waals surface area contributed by atoms with Crippen LogP contribution in [0, 0.1) is 5.92 Å². The van der Waals surface area contributed by atoms with E-state index < -0.39 is 0 Å². The van der Waals surface area contributed by atoms with E-state index in [9.17, 15) is 4.79 Å². The molecule has 2 aliphatic heterocycles. The van der Waals surface area contributed by atoms with E-state index in [1.807, 2.05) is 30.3 Å². The lowest BCUT2D eigenvalue weighted by molar-refractivity contribution is 0.104. The van der Waals surface area contributed by atoms with Crippen LogP contribution in [0.1, 0.15) is 35.3 Å². The normalized spacial score (nSPS) is 16.4. The van der Waals surface area contributed by atoms with Gasteiger partial charge in [0.1, 0.15) is 5.52 Å². The molecule has 3 heterocycles. The molecule has 4 aromatic rings. The molecule has 1 aromatic heterocycles. The summed E-state index contributed by atoms with van der Waals surface area (Å²) < 4.78 is 16.9. The van der Waals surface area contributed by atoms with Gasteiger partial charge in [0.25, 0.3) is 0 Å². The van der Waals surface area contributed by atoms with Gasteiger partial charge in [-0.1, -0.05) is 49.3 Å². The zero-order chi connectivity index (χ0) is 25.8. The second kappa shape index (κ2) is 9.06. The van der Waals surface area contributed by atoms with Crippen LogP contribution in [-0.4, -0.2) is 55.4 Å². The number of hydrogen-bond acceptors (Lipinski definition) is 8. The third-order valence-electron chi connectivity index (χ3n) is 7.64. The van der Waals surface area contributed by atoms with Gasteiger partial charge in [-0.05, 0) is 29.7 Å². The van der Waals surface area contributed by atoms with Crippen molar-refractivity contribution in [2.75, 3.05) is 49.7 Å². The van der Waals surface area contributed by atoms with E-state index in [-0.39, 0.29) is 5.78 Å². The molecule has 1 saturated heterocycles. The summed E-state index contributed by atoms with van der Waals surface area (Å²) in [7, 11) is 0. The predicted molar refractivity (Wildman–Crippen MR) is 146 cm³/mol. The van der Waals surface area contributed by atoms with Crippen molar-refractivity contribution in [3.8, 4) is 22.8 Å². The molecule has 194 valence electrons. The molecule has 1 aliphatic carbocycles. The van der Waals surface area contributed by atoms with E-state index in [1.54, 1.807) is 0 Å². The molecule has 3 aliphatic rings. The lowest BCUT2D eigenvalue weighted by Gasteiger charge is -2.36. The molecule has 0 amide bonds. The molecule has 0 saturated carbocycles. The maximum Gasteiger partial charge on any atom is 0.231 e. The Labute approximate surface area is 221 Å². The van der Waals surface area contributed by atoms with Crippen molar-refractivity contribution in [3.63, 3.8) is 0 Å². The number of nitrogens with zero attached hydrogens (tertiary/aromatic N) is 3. The van der Waals surface area contributed by atoms with Gasteiger partial charge in [-0.25, -0.2) is 0 Å². The molecule has 8 nitrogen and oxygen atoms in total. The molecule has 7 rings (SSSR count). The third kappa shape index (κ3) is 3.79. The van der Waals surface area contributed by atoms with Crippen LogP contribution in [0.4, 0.5) is 11.4 Å². The van der Waals surface area contributed by atoms with Crippen molar-refractivity contribution < 1.29 is 18.8 Å².